The van der Waals surface area contributed by atoms with Crippen molar-refractivity contribution in [1.29, 1.82) is 0 Å². The monoisotopic (exact) mass is 480 g/mol. The largest absolute Gasteiger partial charge is 0.346 e. The van der Waals surface area contributed by atoms with E-state index in [1.165, 1.54) is 6.07 Å². The van der Waals surface area contributed by atoms with Gasteiger partial charge in [0.1, 0.15) is 11.4 Å². The van der Waals surface area contributed by atoms with E-state index in [9.17, 15) is 13.6 Å². The summed E-state index contributed by atoms with van der Waals surface area (Å²) in [6.07, 6.45) is 4.67. The molecule has 12 heteroatoms. The van der Waals surface area contributed by atoms with Crippen molar-refractivity contribution in [2.45, 2.75) is 26.8 Å². The summed E-state index contributed by atoms with van der Waals surface area (Å²) in [5.41, 5.74) is 2.52. The van der Waals surface area contributed by atoms with Crippen LogP contribution in [0.1, 0.15) is 38.7 Å². The van der Waals surface area contributed by atoms with Gasteiger partial charge in [-0.05, 0) is 32.0 Å². The molecule has 0 bridgehead atoms. The summed E-state index contributed by atoms with van der Waals surface area (Å²) in [4.78, 5) is 27.9. The Morgan fingerprint density at radius 1 is 1.12 bits per heavy atom. The standard InChI is InChI=1S/C22H18F2N8OS/c1-12-6-26-15(7-25-12)8-28-22(33)14-5-16(32-18(20(23)24)10-29-30-32)21-27-9-17(31(21)11-14)19-4-3-13(2)34-19/h3-7,9-11,20H,8H2,1-2H3,(H,28,33). The van der Waals surface area contributed by atoms with Crippen molar-refractivity contribution in [3.05, 3.63) is 76.7 Å². The van der Waals surface area contributed by atoms with Gasteiger partial charge < -0.3 is 5.32 Å². The molecule has 0 fully saturated rings. The number of alkyl halides is 2. The summed E-state index contributed by atoms with van der Waals surface area (Å²) in [6, 6.07) is 5.40. The highest BCUT2D eigenvalue weighted by Gasteiger charge is 2.22. The first kappa shape index (κ1) is 21.8. The van der Waals surface area contributed by atoms with Gasteiger partial charge in [0.05, 0.1) is 52.7 Å². The molecule has 0 aliphatic heterocycles. The SMILES string of the molecule is Cc1cnc(CNC(=O)c2cc(-n3nncc3C(F)F)c3ncc(-c4ccc(C)s4)n3c2)cn1. The first-order valence-corrected chi connectivity index (χ1v) is 11.0. The number of aromatic nitrogens is 7. The molecule has 0 radical (unpaired) electrons. The van der Waals surface area contributed by atoms with Gasteiger partial charge in [-0.15, -0.1) is 16.4 Å². The van der Waals surface area contributed by atoms with Gasteiger partial charge in [0.25, 0.3) is 12.3 Å². The number of hydrogen-bond donors (Lipinski definition) is 1. The van der Waals surface area contributed by atoms with Crippen molar-refractivity contribution >= 4 is 22.9 Å². The molecule has 1 amide bonds. The number of nitrogens with zero attached hydrogens (tertiary/aromatic N) is 7. The van der Waals surface area contributed by atoms with E-state index in [4.69, 9.17) is 0 Å². The quantitative estimate of drug-likeness (QED) is 0.395. The fourth-order valence-electron chi connectivity index (χ4n) is 3.47. The number of imidazole rings is 1. The van der Waals surface area contributed by atoms with Crippen LogP contribution in [0.5, 0.6) is 0 Å². The summed E-state index contributed by atoms with van der Waals surface area (Å²) in [5.74, 6) is -0.411. The van der Waals surface area contributed by atoms with Crippen molar-refractivity contribution in [3.8, 4) is 16.3 Å². The van der Waals surface area contributed by atoms with Crippen LogP contribution in [-0.4, -0.2) is 40.3 Å². The summed E-state index contributed by atoms with van der Waals surface area (Å²) >= 11 is 1.56. The Bertz CT molecular complexity index is 1490. The van der Waals surface area contributed by atoms with E-state index in [1.54, 1.807) is 40.5 Å². The number of carbonyl (C=O) groups is 1. The topological polar surface area (TPSA) is 103 Å². The molecule has 5 heterocycles. The van der Waals surface area contributed by atoms with E-state index in [0.29, 0.717) is 11.3 Å². The van der Waals surface area contributed by atoms with Crippen molar-refractivity contribution in [3.63, 3.8) is 0 Å². The summed E-state index contributed by atoms with van der Waals surface area (Å²) in [6.45, 7) is 3.97. The molecule has 0 unspecified atom stereocenters. The Morgan fingerprint density at radius 3 is 2.68 bits per heavy atom. The van der Waals surface area contributed by atoms with Crippen molar-refractivity contribution in [2.24, 2.45) is 0 Å². The van der Waals surface area contributed by atoms with E-state index in [2.05, 4.69) is 30.6 Å². The van der Waals surface area contributed by atoms with Crippen molar-refractivity contribution in [1.82, 2.24) is 39.7 Å². The maximum atomic E-state index is 13.6. The first-order valence-electron chi connectivity index (χ1n) is 10.2. The Labute approximate surface area is 196 Å². The third-order valence-electron chi connectivity index (χ3n) is 5.13. The molecule has 1 N–H and O–H groups in total. The lowest BCUT2D eigenvalue weighted by molar-refractivity contribution is 0.0950. The van der Waals surface area contributed by atoms with Crippen LogP contribution < -0.4 is 5.32 Å². The smallest absolute Gasteiger partial charge is 0.282 e. The van der Waals surface area contributed by atoms with E-state index >= 15 is 0 Å². The lowest BCUT2D eigenvalue weighted by atomic mass is 10.2. The molecule has 0 spiro atoms. The minimum Gasteiger partial charge on any atom is -0.346 e. The maximum Gasteiger partial charge on any atom is 0.282 e. The molecule has 5 aromatic rings. The van der Waals surface area contributed by atoms with E-state index in [0.717, 1.165) is 32.0 Å². The average molecular weight is 481 g/mol. The average Bonchev–Trinajstić information content (AvgIpc) is 3.57. The van der Waals surface area contributed by atoms with Gasteiger partial charge in [0, 0.05) is 17.3 Å². The zero-order valence-corrected chi connectivity index (χ0v) is 18.9. The van der Waals surface area contributed by atoms with E-state index < -0.39 is 18.0 Å². The summed E-state index contributed by atoms with van der Waals surface area (Å²) in [5, 5.41) is 10.3. The van der Waals surface area contributed by atoms with E-state index in [1.807, 2.05) is 26.0 Å². The normalized spacial score (nSPS) is 11.4. The maximum absolute atomic E-state index is 13.6. The lowest BCUT2D eigenvalue weighted by Gasteiger charge is -2.12. The van der Waals surface area contributed by atoms with Crippen LogP contribution in [0, 0.1) is 13.8 Å². The molecule has 172 valence electrons. The van der Waals surface area contributed by atoms with Gasteiger partial charge in [0.2, 0.25) is 0 Å². The van der Waals surface area contributed by atoms with Crippen LogP contribution in [0.4, 0.5) is 8.78 Å². The van der Waals surface area contributed by atoms with Crippen molar-refractivity contribution < 1.29 is 13.6 Å². The number of carbonyl (C=O) groups excluding carboxylic acids is 1. The zero-order chi connectivity index (χ0) is 23.8. The number of hydrogen-bond acceptors (Lipinski definition) is 7. The van der Waals surface area contributed by atoms with Crippen LogP contribution in [0.15, 0.2) is 49.2 Å². The van der Waals surface area contributed by atoms with Crippen LogP contribution in [0.3, 0.4) is 0 Å². The number of fused-ring (bicyclic) bond motifs is 1. The molecule has 0 aromatic carbocycles. The van der Waals surface area contributed by atoms with Gasteiger partial charge >= 0.3 is 0 Å². The second-order valence-electron chi connectivity index (χ2n) is 7.56. The highest BCUT2D eigenvalue weighted by Crippen LogP contribution is 2.31. The third kappa shape index (κ3) is 4.03. The number of pyridine rings is 1. The molecule has 0 saturated heterocycles. The summed E-state index contributed by atoms with van der Waals surface area (Å²) < 4.78 is 29.9. The molecule has 34 heavy (non-hydrogen) atoms. The molecule has 0 aliphatic rings. The summed E-state index contributed by atoms with van der Waals surface area (Å²) in [7, 11) is 0. The van der Waals surface area contributed by atoms with Gasteiger partial charge in [-0.3, -0.25) is 19.2 Å². The second-order valence-corrected chi connectivity index (χ2v) is 8.85. The zero-order valence-electron chi connectivity index (χ0n) is 18.1. The predicted molar refractivity (Wildman–Crippen MR) is 121 cm³/mol. The lowest BCUT2D eigenvalue weighted by Crippen LogP contribution is -2.24. The first-order chi connectivity index (χ1) is 16.4. The van der Waals surface area contributed by atoms with Crippen LogP contribution >= 0.6 is 11.3 Å². The molecular formula is C22H18F2N8OS. The molecule has 0 saturated carbocycles. The Hall–Kier alpha value is -4.06. The number of thiophene rings is 1. The minimum atomic E-state index is -2.80. The van der Waals surface area contributed by atoms with Gasteiger partial charge in [-0.2, -0.15) is 0 Å². The molecular weight excluding hydrogens is 462 g/mol. The van der Waals surface area contributed by atoms with E-state index in [-0.39, 0.29) is 17.8 Å². The predicted octanol–water partition coefficient (Wildman–Crippen LogP) is 3.92. The third-order valence-corrected chi connectivity index (χ3v) is 6.16. The second kappa shape index (κ2) is 8.71. The van der Waals surface area contributed by atoms with Gasteiger partial charge in [-0.25, -0.2) is 18.4 Å². The fourth-order valence-corrected chi connectivity index (χ4v) is 4.34. The Kier molecular flexibility index (Phi) is 5.57. The fraction of sp³-hybridized carbons (Fsp3) is 0.182. The van der Waals surface area contributed by atoms with Crippen LogP contribution in [0.2, 0.25) is 0 Å². The molecule has 0 aliphatic carbocycles. The number of amides is 1. The number of rotatable bonds is 6. The van der Waals surface area contributed by atoms with Gasteiger partial charge in [0.15, 0.2) is 5.65 Å². The molecule has 9 nitrogen and oxygen atoms in total. The highest BCUT2D eigenvalue weighted by molar-refractivity contribution is 7.15. The Morgan fingerprint density at radius 2 is 1.97 bits per heavy atom. The molecule has 5 aromatic heterocycles. The van der Waals surface area contributed by atoms with Crippen molar-refractivity contribution in [2.75, 3.05) is 0 Å². The Balaban J connectivity index is 1.60. The van der Waals surface area contributed by atoms with Crippen LogP contribution in [0.25, 0.3) is 21.9 Å². The van der Waals surface area contributed by atoms with Crippen LogP contribution in [-0.2, 0) is 6.54 Å². The number of nitrogens with one attached hydrogen (secondary N) is 1. The van der Waals surface area contributed by atoms with Gasteiger partial charge in [-0.1, -0.05) is 5.21 Å². The number of halogens is 2. The highest BCUT2D eigenvalue weighted by atomic mass is 32.1. The number of aryl methyl sites for hydroxylation is 2. The molecule has 0 atom stereocenters. The minimum absolute atomic E-state index is 0.159. The molecule has 5 rings (SSSR count).